The quantitative estimate of drug-likeness (QED) is 0.584. The molecule has 0 aliphatic heterocycles. The van der Waals surface area contributed by atoms with Crippen molar-refractivity contribution in [3.8, 4) is 5.75 Å². The van der Waals surface area contributed by atoms with Gasteiger partial charge >= 0.3 is 0 Å². The molecule has 0 fully saturated rings. The third kappa shape index (κ3) is 3.81. The first-order valence-corrected chi connectivity index (χ1v) is 7.20. The number of rotatable bonds is 5. The summed E-state index contributed by atoms with van der Waals surface area (Å²) in [4.78, 5) is 12.1. The van der Waals surface area contributed by atoms with E-state index in [0.29, 0.717) is 12.2 Å². The fourth-order valence-corrected chi connectivity index (χ4v) is 2.21. The summed E-state index contributed by atoms with van der Waals surface area (Å²) in [5.74, 6) is 0.755. The lowest BCUT2D eigenvalue weighted by atomic mass is 10.1. The van der Waals surface area contributed by atoms with Gasteiger partial charge in [-0.05, 0) is 37.3 Å². The topological polar surface area (TPSA) is 26.3 Å². The van der Waals surface area contributed by atoms with Crippen LogP contribution in [0.1, 0.15) is 22.8 Å². The second kappa shape index (κ2) is 7.06. The molecule has 2 rings (SSSR count). The Labute approximate surface area is 127 Å². The van der Waals surface area contributed by atoms with Gasteiger partial charge in [0.2, 0.25) is 0 Å². The van der Waals surface area contributed by atoms with E-state index in [9.17, 15) is 4.79 Å². The van der Waals surface area contributed by atoms with Crippen LogP contribution in [0, 0.1) is 0 Å². The summed E-state index contributed by atoms with van der Waals surface area (Å²) in [5, 5.41) is 0. The molecule has 0 unspecified atom stereocenters. The van der Waals surface area contributed by atoms with Crippen LogP contribution in [0.25, 0.3) is 6.08 Å². The van der Waals surface area contributed by atoms with Crippen LogP contribution < -0.4 is 4.74 Å². The number of carbonyl (C=O) groups is 1. The first kappa shape index (κ1) is 14.5. The first-order valence-electron chi connectivity index (χ1n) is 6.40. The van der Waals surface area contributed by atoms with Gasteiger partial charge < -0.3 is 4.74 Å². The van der Waals surface area contributed by atoms with Crippen molar-refractivity contribution in [1.29, 1.82) is 0 Å². The molecule has 0 heterocycles. The Bertz CT molecular complexity index is 632. The van der Waals surface area contributed by atoms with Crippen molar-refractivity contribution in [2.45, 2.75) is 6.92 Å². The van der Waals surface area contributed by atoms with Gasteiger partial charge in [-0.2, -0.15) is 0 Å². The Morgan fingerprint density at radius 1 is 1.20 bits per heavy atom. The minimum atomic E-state index is -0.0300. The van der Waals surface area contributed by atoms with Gasteiger partial charge in [0.15, 0.2) is 5.78 Å². The molecular formula is C17H15BrO2. The second-order valence-corrected chi connectivity index (χ2v) is 5.09. The molecule has 2 nitrogen and oxygen atoms in total. The third-order valence-corrected chi connectivity index (χ3v) is 3.24. The van der Waals surface area contributed by atoms with Crippen molar-refractivity contribution in [2.24, 2.45) is 0 Å². The fraction of sp³-hybridized carbons (Fsp3) is 0.118. The van der Waals surface area contributed by atoms with Crippen LogP contribution in [-0.4, -0.2) is 12.4 Å². The highest BCUT2D eigenvalue weighted by Gasteiger charge is 2.03. The summed E-state index contributed by atoms with van der Waals surface area (Å²) in [6.07, 6.45) is 3.36. The van der Waals surface area contributed by atoms with Gasteiger partial charge in [-0.1, -0.05) is 46.3 Å². The molecule has 0 aliphatic rings. The Balaban J connectivity index is 2.19. The Hall–Kier alpha value is -1.87. The van der Waals surface area contributed by atoms with E-state index in [1.54, 1.807) is 24.3 Å². The number of halogens is 1. The summed E-state index contributed by atoms with van der Waals surface area (Å²) in [6.45, 7) is 2.54. The zero-order valence-corrected chi connectivity index (χ0v) is 12.8. The summed E-state index contributed by atoms with van der Waals surface area (Å²) < 4.78 is 6.42. The number of benzene rings is 2. The van der Waals surface area contributed by atoms with E-state index >= 15 is 0 Å². The molecule has 0 bridgehead atoms. The van der Waals surface area contributed by atoms with Gasteiger partial charge in [0, 0.05) is 15.6 Å². The Morgan fingerprint density at radius 3 is 2.75 bits per heavy atom. The number of ketones is 1. The van der Waals surface area contributed by atoms with Gasteiger partial charge in [-0.25, -0.2) is 0 Å². The highest BCUT2D eigenvalue weighted by Crippen LogP contribution is 2.20. The van der Waals surface area contributed by atoms with Crippen LogP contribution in [0.5, 0.6) is 5.75 Å². The molecule has 0 atom stereocenters. The number of ether oxygens (including phenoxy) is 1. The Kier molecular flexibility index (Phi) is 5.13. The Morgan fingerprint density at radius 2 is 2.00 bits per heavy atom. The minimum Gasteiger partial charge on any atom is -0.493 e. The van der Waals surface area contributed by atoms with E-state index in [1.807, 2.05) is 43.3 Å². The summed E-state index contributed by atoms with van der Waals surface area (Å²) in [7, 11) is 0. The molecule has 0 aliphatic carbocycles. The molecular weight excluding hydrogens is 316 g/mol. The van der Waals surface area contributed by atoms with E-state index in [0.717, 1.165) is 15.8 Å². The molecule has 0 saturated heterocycles. The van der Waals surface area contributed by atoms with Gasteiger partial charge in [-0.3, -0.25) is 4.79 Å². The number of hydrogen-bond donors (Lipinski definition) is 0. The lowest BCUT2D eigenvalue weighted by molar-refractivity contribution is 0.104. The van der Waals surface area contributed by atoms with E-state index in [2.05, 4.69) is 15.9 Å². The van der Waals surface area contributed by atoms with E-state index in [1.165, 1.54) is 0 Å². The van der Waals surface area contributed by atoms with Crippen LogP contribution in [-0.2, 0) is 0 Å². The molecule has 102 valence electrons. The summed E-state index contributed by atoms with van der Waals surface area (Å²) in [6, 6.07) is 15.0. The van der Waals surface area contributed by atoms with E-state index in [-0.39, 0.29) is 5.78 Å². The van der Waals surface area contributed by atoms with Crippen LogP contribution in [0.15, 0.2) is 59.1 Å². The molecule has 0 saturated carbocycles. The van der Waals surface area contributed by atoms with Crippen LogP contribution in [0.4, 0.5) is 0 Å². The van der Waals surface area contributed by atoms with Crippen LogP contribution >= 0.6 is 15.9 Å². The van der Waals surface area contributed by atoms with Crippen molar-refractivity contribution < 1.29 is 9.53 Å². The van der Waals surface area contributed by atoms with Crippen molar-refractivity contribution in [1.82, 2.24) is 0 Å². The van der Waals surface area contributed by atoms with Gasteiger partial charge in [0.05, 0.1) is 6.61 Å². The number of para-hydroxylation sites is 1. The summed E-state index contributed by atoms with van der Waals surface area (Å²) >= 11 is 3.36. The van der Waals surface area contributed by atoms with Crippen LogP contribution in [0.2, 0.25) is 0 Å². The van der Waals surface area contributed by atoms with Crippen LogP contribution in [0.3, 0.4) is 0 Å². The highest BCUT2D eigenvalue weighted by atomic mass is 79.9. The zero-order valence-electron chi connectivity index (χ0n) is 11.2. The predicted octanol–water partition coefficient (Wildman–Crippen LogP) is 4.74. The maximum Gasteiger partial charge on any atom is 0.185 e. The number of allylic oxidation sites excluding steroid dienone is 1. The SMILES string of the molecule is CCOc1ccccc1C=CC(=O)c1cccc(Br)c1. The largest absolute Gasteiger partial charge is 0.493 e. The monoisotopic (exact) mass is 330 g/mol. The maximum absolute atomic E-state index is 12.1. The van der Waals surface area contributed by atoms with Crippen molar-refractivity contribution in [3.05, 3.63) is 70.2 Å². The average molecular weight is 331 g/mol. The molecule has 3 heteroatoms. The number of hydrogen-bond acceptors (Lipinski definition) is 2. The van der Waals surface area contributed by atoms with Gasteiger partial charge in [0.1, 0.15) is 5.75 Å². The molecule has 2 aromatic rings. The standard InChI is InChI=1S/C17H15BrO2/c1-2-20-17-9-4-3-6-13(17)10-11-16(19)14-7-5-8-15(18)12-14/h3-12H,2H2,1H3. The molecule has 0 amide bonds. The van der Waals surface area contributed by atoms with E-state index in [4.69, 9.17) is 4.74 Å². The molecule has 0 radical (unpaired) electrons. The molecule has 0 spiro atoms. The molecule has 0 aromatic heterocycles. The predicted molar refractivity (Wildman–Crippen MR) is 85.1 cm³/mol. The van der Waals surface area contributed by atoms with Crippen molar-refractivity contribution in [2.75, 3.05) is 6.61 Å². The molecule has 0 N–H and O–H groups in total. The molecule has 2 aromatic carbocycles. The van der Waals surface area contributed by atoms with Crippen molar-refractivity contribution >= 4 is 27.8 Å². The normalized spacial score (nSPS) is 10.7. The maximum atomic E-state index is 12.1. The third-order valence-electron chi connectivity index (χ3n) is 2.74. The summed E-state index contributed by atoms with van der Waals surface area (Å²) in [5.41, 5.74) is 1.56. The van der Waals surface area contributed by atoms with E-state index < -0.39 is 0 Å². The van der Waals surface area contributed by atoms with Gasteiger partial charge in [0.25, 0.3) is 0 Å². The lowest BCUT2D eigenvalue weighted by Crippen LogP contribution is -1.95. The smallest absolute Gasteiger partial charge is 0.185 e. The lowest BCUT2D eigenvalue weighted by Gasteiger charge is -2.06. The first-order chi connectivity index (χ1) is 9.70. The second-order valence-electron chi connectivity index (χ2n) is 4.18. The highest BCUT2D eigenvalue weighted by molar-refractivity contribution is 9.10. The fourth-order valence-electron chi connectivity index (χ4n) is 1.81. The zero-order chi connectivity index (χ0) is 14.4. The minimum absolute atomic E-state index is 0.0300. The van der Waals surface area contributed by atoms with Gasteiger partial charge in [-0.15, -0.1) is 0 Å². The average Bonchev–Trinajstić information content (AvgIpc) is 2.46. The molecule has 20 heavy (non-hydrogen) atoms. The number of carbonyl (C=O) groups excluding carboxylic acids is 1. The van der Waals surface area contributed by atoms with Crippen molar-refractivity contribution in [3.63, 3.8) is 0 Å².